The van der Waals surface area contributed by atoms with E-state index in [1.165, 1.54) is 11.6 Å². The zero-order chi connectivity index (χ0) is 24.1. The predicted molar refractivity (Wildman–Crippen MR) is 133 cm³/mol. The van der Waals surface area contributed by atoms with Crippen molar-refractivity contribution in [1.82, 2.24) is 15.2 Å². The largest absolute Gasteiger partial charge is 0.384 e. The quantitative estimate of drug-likeness (QED) is 0.501. The van der Waals surface area contributed by atoms with Crippen LogP contribution in [-0.2, 0) is 6.54 Å². The van der Waals surface area contributed by atoms with Gasteiger partial charge in [0.1, 0.15) is 11.4 Å². The van der Waals surface area contributed by atoms with Crippen molar-refractivity contribution in [3.8, 4) is 17.2 Å². The number of piperidine rings is 1. The third-order valence-corrected chi connectivity index (χ3v) is 6.56. The van der Waals surface area contributed by atoms with Crippen molar-refractivity contribution in [2.75, 3.05) is 25.4 Å². The van der Waals surface area contributed by atoms with E-state index >= 15 is 0 Å². The smallest absolute Gasteiger partial charge is 0.262 e. The second-order valence-corrected chi connectivity index (χ2v) is 8.96. The molecule has 1 aliphatic rings. The topological polar surface area (TPSA) is 115 Å². The van der Waals surface area contributed by atoms with Gasteiger partial charge in [-0.05, 0) is 60.7 Å². The number of anilines is 1. The molecule has 4 N–H and O–H groups in total. The lowest BCUT2D eigenvalue weighted by atomic mass is 9.96. The number of rotatable bonds is 6. The molecule has 0 unspecified atom stereocenters. The van der Waals surface area contributed by atoms with Crippen LogP contribution < -0.4 is 16.6 Å². The highest BCUT2D eigenvalue weighted by Gasteiger charge is 2.21. The number of pyridine rings is 1. The maximum absolute atomic E-state index is 12.4. The number of H-pyrrole nitrogens is 1. The fraction of sp³-hybridized carbons (Fsp3) is 0.269. The molecule has 0 saturated carbocycles. The van der Waals surface area contributed by atoms with Gasteiger partial charge in [0.15, 0.2) is 0 Å². The molecule has 0 radical (unpaired) electrons. The van der Waals surface area contributed by atoms with E-state index in [0.29, 0.717) is 18.0 Å². The summed E-state index contributed by atoms with van der Waals surface area (Å²) >= 11 is 5.92. The molecule has 1 aromatic heterocycles. The van der Waals surface area contributed by atoms with Crippen LogP contribution in [0.4, 0.5) is 5.82 Å². The van der Waals surface area contributed by atoms with Crippen molar-refractivity contribution in [2.24, 2.45) is 5.92 Å². The van der Waals surface area contributed by atoms with E-state index < -0.39 is 11.5 Å². The minimum atomic E-state index is -0.545. The van der Waals surface area contributed by atoms with Crippen molar-refractivity contribution in [2.45, 2.75) is 19.4 Å². The van der Waals surface area contributed by atoms with Gasteiger partial charge in [-0.2, -0.15) is 5.26 Å². The molecule has 2 aromatic carbocycles. The number of nitrogens with one attached hydrogen (secondary N) is 2. The second kappa shape index (κ2) is 10.6. The Hall–Kier alpha value is -3.60. The highest BCUT2D eigenvalue weighted by atomic mass is 35.5. The molecule has 0 bridgehead atoms. The monoisotopic (exact) mass is 475 g/mol. The van der Waals surface area contributed by atoms with Gasteiger partial charge in [0, 0.05) is 13.1 Å². The van der Waals surface area contributed by atoms with Crippen molar-refractivity contribution in [3.63, 3.8) is 0 Å². The van der Waals surface area contributed by atoms with Gasteiger partial charge in [-0.3, -0.25) is 14.5 Å². The van der Waals surface area contributed by atoms with E-state index in [9.17, 15) is 14.9 Å². The average Bonchev–Trinajstić information content (AvgIpc) is 2.86. The molecule has 0 spiro atoms. The Kier molecular flexibility index (Phi) is 7.31. The highest BCUT2D eigenvalue weighted by molar-refractivity contribution is 6.33. The Balaban J connectivity index is 1.27. The van der Waals surface area contributed by atoms with Crippen molar-refractivity contribution in [3.05, 3.63) is 86.7 Å². The van der Waals surface area contributed by atoms with E-state index in [-0.39, 0.29) is 16.4 Å². The molecule has 2 heterocycles. The standard InChI is InChI=1S/C26H26ClN5O2/c27-23-13-22(26(34)31-24(23)29)25(33)30-15-17-9-11-32(12-10-17)16-18-5-7-19(8-6-18)21-4-2-1-3-20(21)14-28/h1-8,13,17H,9-12,15-16H2,(H,30,33)(H3,29,31,34). The number of hydrogen-bond donors (Lipinski definition) is 3. The van der Waals surface area contributed by atoms with E-state index in [1.54, 1.807) is 0 Å². The van der Waals surface area contributed by atoms with Crippen molar-refractivity contribution in [1.29, 1.82) is 5.26 Å². The van der Waals surface area contributed by atoms with Gasteiger partial charge < -0.3 is 16.0 Å². The first-order valence-electron chi connectivity index (χ1n) is 11.2. The first kappa shape index (κ1) is 23.6. The molecule has 0 aliphatic carbocycles. The summed E-state index contributed by atoms with van der Waals surface area (Å²) in [7, 11) is 0. The molecule has 8 heteroatoms. The predicted octanol–water partition coefficient (Wildman–Crippen LogP) is 3.79. The van der Waals surface area contributed by atoms with Gasteiger partial charge in [-0.25, -0.2) is 0 Å². The number of benzene rings is 2. The normalized spacial score (nSPS) is 14.5. The number of carbonyl (C=O) groups is 1. The fourth-order valence-corrected chi connectivity index (χ4v) is 4.41. The first-order chi connectivity index (χ1) is 16.4. The van der Waals surface area contributed by atoms with Gasteiger partial charge in [-0.15, -0.1) is 0 Å². The third-order valence-electron chi connectivity index (χ3n) is 6.24. The van der Waals surface area contributed by atoms with E-state index in [4.69, 9.17) is 17.3 Å². The minimum Gasteiger partial charge on any atom is -0.384 e. The number of hydrogen-bond acceptors (Lipinski definition) is 5. The summed E-state index contributed by atoms with van der Waals surface area (Å²) in [6.07, 6.45) is 1.93. The maximum Gasteiger partial charge on any atom is 0.262 e. The van der Waals surface area contributed by atoms with Gasteiger partial charge in [0.05, 0.1) is 16.7 Å². The van der Waals surface area contributed by atoms with E-state index in [1.807, 2.05) is 24.3 Å². The molecule has 1 fully saturated rings. The van der Waals surface area contributed by atoms with Crippen LogP contribution in [0.2, 0.25) is 5.02 Å². The highest BCUT2D eigenvalue weighted by Crippen LogP contribution is 2.25. The van der Waals surface area contributed by atoms with Crippen molar-refractivity contribution >= 4 is 23.3 Å². The molecule has 1 saturated heterocycles. The summed E-state index contributed by atoms with van der Waals surface area (Å²) in [5.74, 6) is -0.0331. The molecule has 1 aliphatic heterocycles. The van der Waals surface area contributed by atoms with Gasteiger partial charge in [-0.1, -0.05) is 54.1 Å². The molecule has 4 rings (SSSR count). The molecule has 7 nitrogen and oxygen atoms in total. The molecular weight excluding hydrogens is 450 g/mol. The van der Waals surface area contributed by atoms with E-state index in [0.717, 1.165) is 43.6 Å². The summed E-state index contributed by atoms with van der Waals surface area (Å²) in [5.41, 5.74) is 8.87. The summed E-state index contributed by atoms with van der Waals surface area (Å²) in [6, 6.07) is 19.5. The molecule has 1 amide bonds. The summed E-state index contributed by atoms with van der Waals surface area (Å²) in [5, 5.41) is 12.3. The Bertz CT molecular complexity index is 1270. The Morgan fingerprint density at radius 1 is 1.18 bits per heavy atom. The molecule has 3 aromatic rings. The Labute approximate surface area is 203 Å². The number of carbonyl (C=O) groups excluding carboxylic acids is 1. The Morgan fingerprint density at radius 2 is 1.88 bits per heavy atom. The lowest BCUT2D eigenvalue weighted by Crippen LogP contribution is -2.39. The third kappa shape index (κ3) is 5.48. The summed E-state index contributed by atoms with van der Waals surface area (Å²) < 4.78 is 0. The average molecular weight is 476 g/mol. The first-order valence-corrected chi connectivity index (χ1v) is 11.6. The number of aromatic nitrogens is 1. The van der Waals surface area contributed by atoms with Gasteiger partial charge in [0.25, 0.3) is 11.5 Å². The molecule has 174 valence electrons. The summed E-state index contributed by atoms with van der Waals surface area (Å²) in [4.78, 5) is 29.1. The fourth-order valence-electron chi connectivity index (χ4n) is 4.25. The maximum atomic E-state index is 12.4. The lowest BCUT2D eigenvalue weighted by Gasteiger charge is -2.32. The second-order valence-electron chi connectivity index (χ2n) is 8.56. The van der Waals surface area contributed by atoms with Crippen LogP contribution in [0.5, 0.6) is 0 Å². The van der Waals surface area contributed by atoms with Crippen molar-refractivity contribution < 1.29 is 4.79 Å². The SMILES string of the molecule is N#Cc1ccccc1-c1ccc(CN2CCC(CNC(=O)c3cc(Cl)c(N)[nH]c3=O)CC2)cc1. The number of nitrogens with two attached hydrogens (primary N) is 1. The van der Waals surface area contributed by atoms with Crippen LogP contribution in [0, 0.1) is 17.2 Å². The number of nitriles is 1. The van der Waals surface area contributed by atoms with Crippen LogP contribution in [0.25, 0.3) is 11.1 Å². The van der Waals surface area contributed by atoms with Gasteiger partial charge in [0.2, 0.25) is 0 Å². The minimum absolute atomic E-state index is 0.0301. The Morgan fingerprint density at radius 3 is 2.59 bits per heavy atom. The van der Waals surface area contributed by atoms with Crippen LogP contribution in [-0.4, -0.2) is 35.4 Å². The summed E-state index contributed by atoms with van der Waals surface area (Å²) in [6.45, 7) is 3.25. The molecule has 0 atom stereocenters. The zero-order valence-electron chi connectivity index (χ0n) is 18.7. The van der Waals surface area contributed by atoms with Gasteiger partial charge >= 0.3 is 0 Å². The number of nitrogens with zero attached hydrogens (tertiary/aromatic N) is 2. The molecular formula is C26H26ClN5O2. The number of halogens is 1. The number of likely N-dealkylation sites (tertiary alicyclic amines) is 1. The van der Waals surface area contributed by atoms with Crippen LogP contribution in [0.15, 0.2) is 59.4 Å². The number of amides is 1. The number of aromatic amines is 1. The van der Waals surface area contributed by atoms with E-state index in [2.05, 4.69) is 45.5 Å². The van der Waals surface area contributed by atoms with Crippen LogP contribution in [0.3, 0.4) is 0 Å². The van der Waals surface area contributed by atoms with Crippen LogP contribution >= 0.6 is 11.6 Å². The molecule has 34 heavy (non-hydrogen) atoms. The number of nitrogen functional groups attached to an aromatic ring is 1. The lowest BCUT2D eigenvalue weighted by molar-refractivity contribution is 0.0933. The van der Waals surface area contributed by atoms with Crippen LogP contribution in [0.1, 0.15) is 34.3 Å². The zero-order valence-corrected chi connectivity index (χ0v) is 19.4.